The van der Waals surface area contributed by atoms with E-state index < -0.39 is 0 Å². The summed E-state index contributed by atoms with van der Waals surface area (Å²) in [7, 11) is 1.67. The van der Waals surface area contributed by atoms with E-state index in [-0.39, 0.29) is 18.0 Å². The SMILES string of the molecule is COc1ccc(CN[C@H]2C[C@@H](C(=O)NCc3cccnc3)N(Cc3ccccc3Cl)C2)cc1. The number of hydrogen-bond acceptors (Lipinski definition) is 5. The van der Waals surface area contributed by atoms with Crippen LogP contribution < -0.4 is 15.4 Å². The molecule has 4 rings (SSSR count). The second kappa shape index (κ2) is 11.3. The minimum atomic E-state index is -0.230. The Morgan fingerprint density at radius 3 is 2.64 bits per heavy atom. The van der Waals surface area contributed by atoms with Gasteiger partial charge in [0.1, 0.15) is 5.75 Å². The number of nitrogens with zero attached hydrogens (tertiary/aromatic N) is 2. The van der Waals surface area contributed by atoms with Crippen LogP contribution in [0, 0.1) is 0 Å². The molecule has 0 bridgehead atoms. The van der Waals surface area contributed by atoms with E-state index in [4.69, 9.17) is 16.3 Å². The van der Waals surface area contributed by atoms with Crippen molar-refractivity contribution in [3.05, 3.63) is 94.8 Å². The van der Waals surface area contributed by atoms with Crippen molar-refractivity contribution in [3.63, 3.8) is 0 Å². The van der Waals surface area contributed by atoms with E-state index in [0.717, 1.165) is 41.4 Å². The molecular weight excluding hydrogens is 436 g/mol. The van der Waals surface area contributed by atoms with E-state index in [0.29, 0.717) is 13.1 Å². The lowest BCUT2D eigenvalue weighted by atomic mass is 10.1. The third-order valence-corrected chi connectivity index (χ3v) is 6.35. The van der Waals surface area contributed by atoms with Gasteiger partial charge >= 0.3 is 0 Å². The summed E-state index contributed by atoms with van der Waals surface area (Å²) >= 11 is 6.41. The van der Waals surface area contributed by atoms with Crippen LogP contribution in [0.1, 0.15) is 23.1 Å². The number of likely N-dealkylation sites (tertiary alicyclic amines) is 1. The average Bonchev–Trinajstić information content (AvgIpc) is 3.26. The van der Waals surface area contributed by atoms with Crippen molar-refractivity contribution in [3.8, 4) is 5.75 Å². The van der Waals surface area contributed by atoms with Gasteiger partial charge in [0, 0.05) is 49.6 Å². The smallest absolute Gasteiger partial charge is 0.237 e. The van der Waals surface area contributed by atoms with Gasteiger partial charge in [-0.25, -0.2) is 0 Å². The highest BCUT2D eigenvalue weighted by atomic mass is 35.5. The van der Waals surface area contributed by atoms with Crippen molar-refractivity contribution in [2.75, 3.05) is 13.7 Å². The molecule has 0 aliphatic carbocycles. The number of methoxy groups -OCH3 is 1. The first-order chi connectivity index (χ1) is 16.1. The van der Waals surface area contributed by atoms with Crippen molar-refractivity contribution >= 4 is 17.5 Å². The largest absolute Gasteiger partial charge is 0.497 e. The van der Waals surface area contributed by atoms with Crippen LogP contribution in [-0.4, -0.2) is 41.5 Å². The summed E-state index contributed by atoms with van der Waals surface area (Å²) in [5.41, 5.74) is 3.19. The molecule has 1 aliphatic heterocycles. The monoisotopic (exact) mass is 464 g/mol. The number of carbonyl (C=O) groups is 1. The van der Waals surface area contributed by atoms with Gasteiger partial charge in [-0.2, -0.15) is 0 Å². The first kappa shape index (κ1) is 23.2. The molecule has 33 heavy (non-hydrogen) atoms. The Hall–Kier alpha value is -2.93. The summed E-state index contributed by atoms with van der Waals surface area (Å²) < 4.78 is 5.24. The van der Waals surface area contributed by atoms with Crippen molar-refractivity contribution in [2.24, 2.45) is 0 Å². The molecule has 0 saturated carbocycles. The van der Waals surface area contributed by atoms with E-state index in [1.807, 2.05) is 48.5 Å². The van der Waals surface area contributed by atoms with Crippen LogP contribution >= 0.6 is 11.6 Å². The van der Waals surface area contributed by atoms with Crippen molar-refractivity contribution in [1.29, 1.82) is 0 Å². The normalized spacial score (nSPS) is 18.2. The zero-order valence-electron chi connectivity index (χ0n) is 18.7. The maximum Gasteiger partial charge on any atom is 0.237 e. The number of rotatable bonds is 9. The molecule has 1 saturated heterocycles. The third-order valence-electron chi connectivity index (χ3n) is 5.98. The number of nitrogens with one attached hydrogen (secondary N) is 2. The molecule has 3 aromatic rings. The topological polar surface area (TPSA) is 66.5 Å². The molecular formula is C26H29ClN4O2. The van der Waals surface area contributed by atoms with Gasteiger partial charge in [0.25, 0.3) is 0 Å². The lowest BCUT2D eigenvalue weighted by Gasteiger charge is -2.24. The van der Waals surface area contributed by atoms with Crippen molar-refractivity contribution in [2.45, 2.75) is 38.1 Å². The number of aromatic nitrogens is 1. The zero-order valence-corrected chi connectivity index (χ0v) is 19.5. The summed E-state index contributed by atoms with van der Waals surface area (Å²) in [6, 6.07) is 19.7. The molecule has 1 fully saturated rings. The Morgan fingerprint density at radius 1 is 1.09 bits per heavy atom. The predicted molar refractivity (Wildman–Crippen MR) is 130 cm³/mol. The Kier molecular flexibility index (Phi) is 7.94. The predicted octanol–water partition coefficient (Wildman–Crippen LogP) is 3.79. The molecule has 2 N–H and O–H groups in total. The molecule has 2 aromatic carbocycles. The highest BCUT2D eigenvalue weighted by molar-refractivity contribution is 6.31. The number of carbonyl (C=O) groups excluding carboxylic acids is 1. The second-order valence-electron chi connectivity index (χ2n) is 8.28. The molecule has 0 radical (unpaired) electrons. The zero-order chi connectivity index (χ0) is 23.0. The van der Waals surface area contributed by atoms with E-state index in [1.165, 1.54) is 5.56 Å². The van der Waals surface area contributed by atoms with Crippen LogP contribution in [0.25, 0.3) is 0 Å². The molecule has 1 aliphatic rings. The number of amides is 1. The Labute approximate surface area is 199 Å². The van der Waals surface area contributed by atoms with Gasteiger partial charge in [-0.1, -0.05) is 48.0 Å². The minimum absolute atomic E-state index is 0.0275. The lowest BCUT2D eigenvalue weighted by molar-refractivity contribution is -0.125. The molecule has 7 heteroatoms. The third kappa shape index (κ3) is 6.32. The van der Waals surface area contributed by atoms with E-state index in [9.17, 15) is 4.79 Å². The number of pyridine rings is 1. The van der Waals surface area contributed by atoms with Gasteiger partial charge in [0.2, 0.25) is 5.91 Å². The van der Waals surface area contributed by atoms with Gasteiger partial charge in [-0.15, -0.1) is 0 Å². The van der Waals surface area contributed by atoms with E-state index in [2.05, 4.69) is 32.7 Å². The highest BCUT2D eigenvalue weighted by Gasteiger charge is 2.36. The lowest BCUT2D eigenvalue weighted by Crippen LogP contribution is -2.42. The maximum absolute atomic E-state index is 13.1. The number of hydrogen-bond donors (Lipinski definition) is 2. The standard InChI is InChI=1S/C26H29ClN4O2/c1-33-23-10-8-19(9-11-23)15-29-22-13-25(26(32)30-16-20-5-4-12-28-14-20)31(18-22)17-21-6-2-3-7-24(21)27/h2-12,14,22,25,29H,13,15-18H2,1H3,(H,30,32)/t22-,25-/m0/s1. The Morgan fingerprint density at radius 2 is 1.91 bits per heavy atom. The summed E-state index contributed by atoms with van der Waals surface area (Å²) in [5.74, 6) is 0.871. The molecule has 0 spiro atoms. The van der Waals surface area contributed by atoms with Gasteiger partial charge in [0.15, 0.2) is 0 Å². The molecule has 2 atom stereocenters. The van der Waals surface area contributed by atoms with Crippen LogP contribution in [-0.2, 0) is 24.4 Å². The average molecular weight is 465 g/mol. The number of ether oxygens (including phenoxy) is 1. The molecule has 1 amide bonds. The van der Waals surface area contributed by atoms with E-state index in [1.54, 1.807) is 19.5 Å². The number of halogens is 1. The number of benzene rings is 2. The first-order valence-electron chi connectivity index (χ1n) is 11.1. The molecule has 1 aromatic heterocycles. The van der Waals surface area contributed by atoms with Gasteiger partial charge in [-0.3, -0.25) is 14.7 Å². The molecule has 6 nitrogen and oxygen atoms in total. The van der Waals surface area contributed by atoms with E-state index >= 15 is 0 Å². The van der Waals surface area contributed by atoms with Crippen molar-refractivity contribution < 1.29 is 9.53 Å². The fourth-order valence-corrected chi connectivity index (χ4v) is 4.36. The second-order valence-corrected chi connectivity index (χ2v) is 8.68. The minimum Gasteiger partial charge on any atom is -0.497 e. The molecule has 0 unspecified atom stereocenters. The Balaban J connectivity index is 1.41. The van der Waals surface area contributed by atoms with Crippen LogP contribution in [0.4, 0.5) is 0 Å². The molecule has 2 heterocycles. The maximum atomic E-state index is 13.1. The Bertz CT molecular complexity index is 1050. The summed E-state index contributed by atoms with van der Waals surface area (Å²) in [4.78, 5) is 19.5. The van der Waals surface area contributed by atoms with Crippen molar-refractivity contribution in [1.82, 2.24) is 20.5 Å². The summed E-state index contributed by atoms with van der Waals surface area (Å²) in [6.45, 7) is 2.60. The first-order valence-corrected chi connectivity index (χ1v) is 11.5. The summed E-state index contributed by atoms with van der Waals surface area (Å²) in [5, 5.41) is 7.43. The van der Waals surface area contributed by atoms with Gasteiger partial charge in [-0.05, 0) is 47.4 Å². The van der Waals surface area contributed by atoms with Gasteiger partial charge < -0.3 is 15.4 Å². The fraction of sp³-hybridized carbons (Fsp3) is 0.308. The quantitative estimate of drug-likeness (QED) is 0.504. The van der Waals surface area contributed by atoms with Crippen LogP contribution in [0.15, 0.2) is 73.1 Å². The van der Waals surface area contributed by atoms with Crippen LogP contribution in [0.5, 0.6) is 5.75 Å². The van der Waals surface area contributed by atoms with Gasteiger partial charge in [0.05, 0.1) is 13.2 Å². The van der Waals surface area contributed by atoms with Crippen LogP contribution in [0.3, 0.4) is 0 Å². The highest BCUT2D eigenvalue weighted by Crippen LogP contribution is 2.25. The fourth-order valence-electron chi connectivity index (χ4n) is 4.16. The molecule has 172 valence electrons. The van der Waals surface area contributed by atoms with Crippen LogP contribution in [0.2, 0.25) is 5.02 Å². The summed E-state index contributed by atoms with van der Waals surface area (Å²) in [6.07, 6.45) is 4.24.